The van der Waals surface area contributed by atoms with Crippen molar-refractivity contribution in [2.24, 2.45) is 11.3 Å². The van der Waals surface area contributed by atoms with E-state index < -0.39 is 79.2 Å². The standard InChI is InChI=1S/C36H53N5O9S/c1-8-24-19-36(24,31(44)39-51(47,48)26-12-13-26)38-29(42)27-20-35(46,25-11-9-10-23(18-25)21-40-14-16-49-17-15-40)22-41(27)30(43)28(33(2,3)4)37-32(45)50-34(5,6)7/h8-11,18,24,26-28,46H,1,12-17,19-22H2,2-7H3,(H,37,45)(H,38,42)(H,39,44)/t24-,27+,28-,35+,36-/m1/s1. The smallest absolute Gasteiger partial charge is 0.408 e. The van der Waals surface area contributed by atoms with Crippen molar-refractivity contribution in [2.45, 2.75) is 108 Å². The van der Waals surface area contributed by atoms with Crippen LogP contribution in [-0.4, -0.2) is 108 Å². The summed E-state index contributed by atoms with van der Waals surface area (Å²) in [6, 6.07) is 4.93. The number of nitrogens with one attached hydrogen (secondary N) is 3. The van der Waals surface area contributed by atoms with Crippen LogP contribution in [0.4, 0.5) is 4.79 Å². The van der Waals surface area contributed by atoms with E-state index in [1.54, 1.807) is 47.6 Å². The van der Waals surface area contributed by atoms with Crippen LogP contribution in [0, 0.1) is 11.3 Å². The Kier molecular flexibility index (Phi) is 10.7. The minimum atomic E-state index is -3.91. The second kappa shape index (κ2) is 14.1. The van der Waals surface area contributed by atoms with Gasteiger partial charge in [-0.05, 0) is 56.6 Å². The number of carbonyl (C=O) groups excluding carboxylic acids is 4. The SMILES string of the molecule is C=C[C@@H]1C[C@]1(NC(=O)[C@@H]1C[C@@](O)(c2cccc(CN3CCOCC3)c2)CN1C(=O)[C@@H](NC(=O)OC(C)(C)C)C(C)(C)C)C(=O)NS(=O)(=O)C1CC1. The number of benzene rings is 1. The maximum absolute atomic E-state index is 14.5. The maximum Gasteiger partial charge on any atom is 0.408 e. The first-order valence-corrected chi connectivity index (χ1v) is 19.1. The fourth-order valence-corrected chi connectivity index (χ4v) is 8.16. The molecule has 1 aromatic carbocycles. The molecule has 5 atom stereocenters. The molecule has 2 heterocycles. The van der Waals surface area contributed by atoms with E-state index in [2.05, 4.69) is 26.8 Å². The number of alkyl carbamates (subject to hydrolysis) is 1. The lowest BCUT2D eigenvalue weighted by Gasteiger charge is -2.36. The van der Waals surface area contributed by atoms with E-state index in [-0.39, 0.29) is 19.4 Å². The topological polar surface area (TPSA) is 184 Å². The zero-order valence-corrected chi connectivity index (χ0v) is 31.3. The number of aliphatic hydroxyl groups is 1. The molecule has 2 saturated carbocycles. The third-order valence-electron chi connectivity index (χ3n) is 9.92. The molecular formula is C36H53N5O9S. The number of hydrogen-bond donors (Lipinski definition) is 4. The highest BCUT2D eigenvalue weighted by molar-refractivity contribution is 7.91. The number of sulfonamides is 1. The molecule has 282 valence electrons. The minimum Gasteiger partial charge on any atom is -0.444 e. The van der Waals surface area contributed by atoms with Gasteiger partial charge in [-0.1, -0.05) is 51.1 Å². The summed E-state index contributed by atoms with van der Waals surface area (Å²) in [5, 5.41) is 17.1. The number of amides is 4. The van der Waals surface area contributed by atoms with E-state index in [4.69, 9.17) is 9.47 Å². The minimum absolute atomic E-state index is 0.119. The molecule has 0 unspecified atom stereocenters. The normalized spacial score (nSPS) is 27.6. The first kappa shape index (κ1) is 38.7. The average Bonchev–Trinajstić information content (AvgIpc) is 3.96. The molecule has 4 aliphatic rings. The van der Waals surface area contributed by atoms with E-state index in [0.717, 1.165) is 18.7 Å². The van der Waals surface area contributed by atoms with Crippen molar-refractivity contribution in [3.63, 3.8) is 0 Å². The largest absolute Gasteiger partial charge is 0.444 e. The molecule has 0 spiro atoms. The Labute approximate surface area is 300 Å². The van der Waals surface area contributed by atoms with Crippen molar-refractivity contribution in [3.05, 3.63) is 48.0 Å². The van der Waals surface area contributed by atoms with E-state index in [1.807, 2.05) is 18.2 Å². The molecule has 0 radical (unpaired) electrons. The van der Waals surface area contributed by atoms with Crippen LogP contribution in [-0.2, 0) is 46.0 Å². The number of carbonyl (C=O) groups is 4. The highest BCUT2D eigenvalue weighted by atomic mass is 32.2. The van der Waals surface area contributed by atoms with Crippen LogP contribution in [0.5, 0.6) is 0 Å². The summed E-state index contributed by atoms with van der Waals surface area (Å²) in [6.07, 6.45) is 1.47. The zero-order valence-electron chi connectivity index (χ0n) is 30.5. The molecule has 0 aromatic heterocycles. The van der Waals surface area contributed by atoms with E-state index in [9.17, 15) is 32.7 Å². The second-order valence-electron chi connectivity index (χ2n) is 16.4. The summed E-state index contributed by atoms with van der Waals surface area (Å²) >= 11 is 0. The van der Waals surface area contributed by atoms with Gasteiger partial charge in [-0.3, -0.25) is 24.0 Å². The van der Waals surface area contributed by atoms with E-state index in [1.165, 1.54) is 11.0 Å². The van der Waals surface area contributed by atoms with Crippen molar-refractivity contribution in [1.82, 2.24) is 25.2 Å². The van der Waals surface area contributed by atoms with Crippen LogP contribution in [0.15, 0.2) is 36.9 Å². The molecule has 15 heteroatoms. The van der Waals surface area contributed by atoms with Crippen LogP contribution < -0.4 is 15.4 Å². The lowest BCUT2D eigenvalue weighted by atomic mass is 9.85. The van der Waals surface area contributed by atoms with Crippen molar-refractivity contribution < 1.29 is 42.2 Å². The summed E-state index contributed by atoms with van der Waals surface area (Å²) in [5.74, 6) is -2.78. The highest BCUT2D eigenvalue weighted by Gasteiger charge is 2.62. The molecule has 14 nitrogen and oxygen atoms in total. The van der Waals surface area contributed by atoms with Gasteiger partial charge in [0.1, 0.15) is 28.8 Å². The van der Waals surface area contributed by atoms with Crippen LogP contribution in [0.3, 0.4) is 0 Å². The Hall–Kier alpha value is -3.53. The van der Waals surface area contributed by atoms with Gasteiger partial charge in [-0.2, -0.15) is 0 Å². The summed E-state index contributed by atoms with van der Waals surface area (Å²) in [7, 11) is -3.91. The van der Waals surface area contributed by atoms with Gasteiger partial charge in [0.05, 0.1) is 25.0 Å². The lowest BCUT2D eigenvalue weighted by molar-refractivity contribution is -0.143. The molecule has 0 bridgehead atoms. The van der Waals surface area contributed by atoms with Crippen LogP contribution in [0.25, 0.3) is 0 Å². The molecule has 51 heavy (non-hydrogen) atoms. The third-order valence-corrected chi connectivity index (χ3v) is 11.7. The fourth-order valence-electron chi connectivity index (χ4n) is 6.80. The Morgan fingerprint density at radius 3 is 2.33 bits per heavy atom. The van der Waals surface area contributed by atoms with Gasteiger partial charge in [0, 0.05) is 32.0 Å². The quantitative estimate of drug-likeness (QED) is 0.246. The van der Waals surface area contributed by atoms with Crippen LogP contribution in [0.2, 0.25) is 0 Å². The van der Waals surface area contributed by atoms with Gasteiger partial charge in [0.2, 0.25) is 21.8 Å². The Balaban J connectivity index is 1.46. The molecular weight excluding hydrogens is 678 g/mol. The Morgan fingerprint density at radius 2 is 1.76 bits per heavy atom. The zero-order chi connectivity index (χ0) is 37.6. The van der Waals surface area contributed by atoms with Gasteiger partial charge >= 0.3 is 6.09 Å². The molecule has 4 N–H and O–H groups in total. The number of hydrogen-bond acceptors (Lipinski definition) is 10. The predicted octanol–water partition coefficient (Wildman–Crippen LogP) is 1.92. The van der Waals surface area contributed by atoms with Gasteiger partial charge < -0.3 is 30.1 Å². The number of β-amino-alcohol motifs (C(OH)–C–C–N with tert-alkyl or cyclic N) is 1. The third kappa shape index (κ3) is 8.93. The summed E-state index contributed by atoms with van der Waals surface area (Å²) in [6.45, 7) is 17.3. The molecule has 2 saturated heterocycles. The van der Waals surface area contributed by atoms with Crippen LogP contribution >= 0.6 is 0 Å². The molecule has 2 aliphatic heterocycles. The highest BCUT2D eigenvalue weighted by Crippen LogP contribution is 2.46. The number of likely N-dealkylation sites (tertiary alicyclic amines) is 1. The first-order chi connectivity index (χ1) is 23.7. The summed E-state index contributed by atoms with van der Waals surface area (Å²) < 4.78 is 38.4. The Bertz CT molecular complexity index is 1640. The lowest BCUT2D eigenvalue weighted by Crippen LogP contribution is -2.60. The average molecular weight is 732 g/mol. The van der Waals surface area contributed by atoms with Crippen molar-refractivity contribution in [3.8, 4) is 0 Å². The van der Waals surface area contributed by atoms with Gasteiger partial charge in [-0.25, -0.2) is 13.2 Å². The van der Waals surface area contributed by atoms with Crippen molar-refractivity contribution >= 4 is 33.8 Å². The number of morpholine rings is 1. The van der Waals surface area contributed by atoms with Crippen LogP contribution in [0.1, 0.15) is 78.4 Å². The Morgan fingerprint density at radius 1 is 1.10 bits per heavy atom. The van der Waals surface area contributed by atoms with E-state index >= 15 is 0 Å². The van der Waals surface area contributed by atoms with Gasteiger partial charge in [0.25, 0.3) is 5.91 Å². The molecule has 2 aliphatic carbocycles. The maximum atomic E-state index is 14.5. The van der Waals surface area contributed by atoms with Crippen molar-refractivity contribution in [1.29, 1.82) is 0 Å². The second-order valence-corrected chi connectivity index (χ2v) is 18.4. The molecule has 5 rings (SSSR count). The van der Waals surface area contributed by atoms with Gasteiger partial charge in [-0.15, -0.1) is 6.58 Å². The molecule has 4 amide bonds. The van der Waals surface area contributed by atoms with Crippen molar-refractivity contribution in [2.75, 3.05) is 32.8 Å². The molecule has 4 fully saturated rings. The number of rotatable bonds is 11. The monoisotopic (exact) mass is 731 g/mol. The predicted molar refractivity (Wildman–Crippen MR) is 188 cm³/mol. The molecule has 1 aromatic rings. The number of ether oxygens (including phenoxy) is 2. The number of nitrogens with zero attached hydrogens (tertiary/aromatic N) is 2. The summed E-state index contributed by atoms with van der Waals surface area (Å²) in [4.78, 5) is 58.8. The van der Waals surface area contributed by atoms with E-state index in [0.29, 0.717) is 38.2 Å². The fraction of sp³-hybridized carbons (Fsp3) is 0.667. The first-order valence-electron chi connectivity index (χ1n) is 17.6. The van der Waals surface area contributed by atoms with Gasteiger partial charge in [0.15, 0.2) is 0 Å². The summed E-state index contributed by atoms with van der Waals surface area (Å²) in [5.41, 5.74) is -3.52.